The van der Waals surface area contributed by atoms with Gasteiger partial charge >= 0.3 is 0 Å². The highest BCUT2D eigenvalue weighted by molar-refractivity contribution is 7.09. The van der Waals surface area contributed by atoms with Gasteiger partial charge < -0.3 is 9.73 Å². The molecule has 1 amide bonds. The first-order valence-electron chi connectivity index (χ1n) is 7.97. The van der Waals surface area contributed by atoms with Crippen LogP contribution < -0.4 is 5.32 Å². The molecule has 5 nitrogen and oxygen atoms in total. The SMILES string of the molecule is Cc1ccc2oc(C(=O)Nc3ccnn3Cc3cccs3)c(C)c2c1. The molecule has 0 unspecified atom stereocenters. The van der Waals surface area contributed by atoms with Gasteiger partial charge in [0.2, 0.25) is 0 Å². The number of fused-ring (bicyclic) bond motifs is 1. The Morgan fingerprint density at radius 1 is 1.28 bits per heavy atom. The van der Waals surface area contributed by atoms with Crippen LogP contribution in [0.1, 0.15) is 26.6 Å². The normalized spacial score (nSPS) is 11.1. The van der Waals surface area contributed by atoms with Gasteiger partial charge in [-0.3, -0.25) is 4.79 Å². The van der Waals surface area contributed by atoms with Gasteiger partial charge in [0.1, 0.15) is 11.4 Å². The van der Waals surface area contributed by atoms with Crippen LogP contribution in [0.5, 0.6) is 0 Å². The largest absolute Gasteiger partial charge is 0.451 e. The molecule has 0 atom stereocenters. The molecule has 4 aromatic rings. The molecule has 0 spiro atoms. The van der Waals surface area contributed by atoms with Crippen molar-refractivity contribution in [3.8, 4) is 0 Å². The second kappa shape index (κ2) is 6.22. The molecule has 6 heteroatoms. The summed E-state index contributed by atoms with van der Waals surface area (Å²) in [4.78, 5) is 13.9. The standard InChI is InChI=1S/C19H17N3O2S/c1-12-5-6-16-15(10-12)13(2)18(24-16)19(23)21-17-7-8-20-22(17)11-14-4-3-9-25-14/h3-10H,11H2,1-2H3,(H,21,23). The molecule has 0 radical (unpaired) electrons. The van der Waals surface area contributed by atoms with Crippen molar-refractivity contribution in [1.29, 1.82) is 0 Å². The van der Waals surface area contributed by atoms with Crippen molar-refractivity contribution in [2.45, 2.75) is 20.4 Å². The molecular formula is C19H17N3O2S. The minimum Gasteiger partial charge on any atom is -0.451 e. The summed E-state index contributed by atoms with van der Waals surface area (Å²) >= 11 is 1.66. The second-order valence-corrected chi connectivity index (χ2v) is 7.00. The van der Waals surface area contributed by atoms with Crippen LogP contribution in [-0.4, -0.2) is 15.7 Å². The maximum Gasteiger partial charge on any atom is 0.292 e. The van der Waals surface area contributed by atoms with Crippen LogP contribution in [-0.2, 0) is 6.54 Å². The first-order valence-corrected chi connectivity index (χ1v) is 8.85. The quantitative estimate of drug-likeness (QED) is 0.584. The van der Waals surface area contributed by atoms with E-state index in [1.165, 1.54) is 4.88 Å². The van der Waals surface area contributed by atoms with E-state index in [2.05, 4.69) is 10.4 Å². The number of thiophene rings is 1. The van der Waals surface area contributed by atoms with Crippen LogP contribution in [0.3, 0.4) is 0 Å². The Balaban J connectivity index is 1.61. The molecule has 0 aliphatic carbocycles. The predicted molar refractivity (Wildman–Crippen MR) is 99.3 cm³/mol. The fourth-order valence-electron chi connectivity index (χ4n) is 2.84. The van der Waals surface area contributed by atoms with E-state index in [0.717, 1.165) is 22.1 Å². The number of aryl methyl sites for hydroxylation is 2. The third kappa shape index (κ3) is 2.96. The molecule has 0 bridgehead atoms. The Hall–Kier alpha value is -2.86. The highest BCUT2D eigenvalue weighted by Crippen LogP contribution is 2.27. The van der Waals surface area contributed by atoms with E-state index in [9.17, 15) is 4.79 Å². The lowest BCUT2D eigenvalue weighted by Crippen LogP contribution is -2.16. The second-order valence-electron chi connectivity index (χ2n) is 5.96. The van der Waals surface area contributed by atoms with Crippen LogP contribution in [0.4, 0.5) is 5.82 Å². The average Bonchev–Trinajstić information content (AvgIpc) is 3.31. The Bertz CT molecular complexity index is 1040. The molecule has 1 aromatic carbocycles. The van der Waals surface area contributed by atoms with Crippen LogP contribution in [0.15, 0.2) is 52.4 Å². The van der Waals surface area contributed by atoms with Crippen molar-refractivity contribution in [2.75, 3.05) is 5.32 Å². The van der Waals surface area contributed by atoms with Crippen LogP contribution >= 0.6 is 11.3 Å². The molecule has 0 saturated carbocycles. The molecule has 1 N–H and O–H groups in total. The third-order valence-corrected chi connectivity index (χ3v) is 5.00. The number of nitrogens with zero attached hydrogens (tertiary/aromatic N) is 2. The number of rotatable bonds is 4. The Morgan fingerprint density at radius 3 is 2.96 bits per heavy atom. The minimum atomic E-state index is -0.265. The Labute approximate surface area is 148 Å². The highest BCUT2D eigenvalue weighted by Gasteiger charge is 2.19. The van der Waals surface area contributed by atoms with Gasteiger partial charge in [-0.15, -0.1) is 11.3 Å². The lowest BCUT2D eigenvalue weighted by Gasteiger charge is -2.07. The first-order chi connectivity index (χ1) is 12.1. The van der Waals surface area contributed by atoms with E-state index in [-0.39, 0.29) is 5.91 Å². The number of nitrogens with one attached hydrogen (secondary N) is 1. The molecule has 0 aliphatic rings. The zero-order valence-corrected chi connectivity index (χ0v) is 14.8. The molecule has 126 valence electrons. The summed E-state index contributed by atoms with van der Waals surface area (Å²) in [6, 6.07) is 11.7. The van der Waals surface area contributed by atoms with Crippen LogP contribution in [0, 0.1) is 13.8 Å². The van der Waals surface area contributed by atoms with Gasteiger partial charge in [0, 0.05) is 21.9 Å². The molecule has 3 aromatic heterocycles. The van der Waals surface area contributed by atoms with Gasteiger partial charge in [-0.2, -0.15) is 5.10 Å². The zero-order valence-electron chi connectivity index (χ0n) is 13.9. The van der Waals surface area contributed by atoms with Gasteiger partial charge in [-0.05, 0) is 37.4 Å². The zero-order chi connectivity index (χ0) is 17.4. The molecule has 0 saturated heterocycles. The summed E-state index contributed by atoms with van der Waals surface area (Å²) in [7, 11) is 0. The predicted octanol–water partition coefficient (Wildman–Crippen LogP) is 4.61. The van der Waals surface area contributed by atoms with E-state index in [4.69, 9.17) is 4.42 Å². The van der Waals surface area contributed by atoms with Gasteiger partial charge in [0.05, 0.1) is 12.7 Å². The summed E-state index contributed by atoms with van der Waals surface area (Å²) in [5.74, 6) is 0.721. The molecule has 4 rings (SSSR count). The van der Waals surface area contributed by atoms with Crippen LogP contribution in [0.25, 0.3) is 11.0 Å². The molecule has 0 fully saturated rings. The molecular weight excluding hydrogens is 334 g/mol. The fourth-order valence-corrected chi connectivity index (χ4v) is 3.53. The Kier molecular flexibility index (Phi) is 3.89. The molecule has 3 heterocycles. The van der Waals surface area contributed by atoms with E-state index in [1.807, 2.05) is 49.6 Å². The first kappa shape index (κ1) is 15.7. The number of hydrogen-bond donors (Lipinski definition) is 1. The van der Waals surface area contributed by atoms with Crippen molar-refractivity contribution < 1.29 is 9.21 Å². The molecule has 25 heavy (non-hydrogen) atoms. The van der Waals surface area contributed by atoms with Gasteiger partial charge in [-0.1, -0.05) is 17.7 Å². The Morgan fingerprint density at radius 2 is 2.16 bits per heavy atom. The number of carbonyl (C=O) groups excluding carboxylic acids is 1. The smallest absolute Gasteiger partial charge is 0.292 e. The van der Waals surface area contributed by atoms with Crippen molar-refractivity contribution in [1.82, 2.24) is 9.78 Å². The van der Waals surface area contributed by atoms with E-state index in [0.29, 0.717) is 18.1 Å². The maximum atomic E-state index is 12.7. The minimum absolute atomic E-state index is 0.265. The fraction of sp³-hybridized carbons (Fsp3) is 0.158. The summed E-state index contributed by atoms with van der Waals surface area (Å²) < 4.78 is 7.54. The molecule has 0 aliphatic heterocycles. The van der Waals surface area contributed by atoms with Crippen molar-refractivity contribution in [2.24, 2.45) is 0 Å². The maximum absolute atomic E-state index is 12.7. The number of amides is 1. The summed E-state index contributed by atoms with van der Waals surface area (Å²) in [5, 5.41) is 10.2. The topological polar surface area (TPSA) is 60.1 Å². The number of hydrogen-bond acceptors (Lipinski definition) is 4. The van der Waals surface area contributed by atoms with E-state index in [1.54, 1.807) is 28.3 Å². The number of carbonyl (C=O) groups is 1. The summed E-state index contributed by atoms with van der Waals surface area (Å²) in [6.07, 6.45) is 1.68. The number of aromatic nitrogens is 2. The van der Waals surface area contributed by atoms with Crippen LogP contribution in [0.2, 0.25) is 0 Å². The van der Waals surface area contributed by atoms with E-state index < -0.39 is 0 Å². The van der Waals surface area contributed by atoms with Gasteiger partial charge in [0.15, 0.2) is 5.76 Å². The number of anilines is 1. The number of furan rings is 1. The lowest BCUT2D eigenvalue weighted by molar-refractivity contribution is 0.0997. The highest BCUT2D eigenvalue weighted by atomic mass is 32.1. The van der Waals surface area contributed by atoms with Crippen molar-refractivity contribution in [3.63, 3.8) is 0 Å². The third-order valence-electron chi connectivity index (χ3n) is 4.14. The van der Waals surface area contributed by atoms with Crippen molar-refractivity contribution in [3.05, 3.63) is 69.7 Å². The average molecular weight is 351 g/mol. The number of benzene rings is 1. The van der Waals surface area contributed by atoms with Gasteiger partial charge in [0.25, 0.3) is 5.91 Å². The lowest BCUT2D eigenvalue weighted by atomic mass is 10.1. The van der Waals surface area contributed by atoms with E-state index >= 15 is 0 Å². The van der Waals surface area contributed by atoms with Gasteiger partial charge in [-0.25, -0.2) is 4.68 Å². The van der Waals surface area contributed by atoms with Crippen molar-refractivity contribution >= 4 is 34.0 Å². The summed E-state index contributed by atoms with van der Waals surface area (Å²) in [6.45, 7) is 4.55. The summed E-state index contributed by atoms with van der Waals surface area (Å²) in [5.41, 5.74) is 2.71. The monoisotopic (exact) mass is 351 g/mol.